The lowest BCUT2D eigenvalue weighted by Crippen LogP contribution is -2.43. The number of carbonyl (C=O) groups excluding carboxylic acids is 1. The van der Waals surface area contributed by atoms with Gasteiger partial charge in [-0.15, -0.1) is 0 Å². The average Bonchev–Trinajstić information content (AvgIpc) is 2.98. The standard InChI is InChI=1S/C31H37N7O3/c1-5-38(6-2)28(39)19-37-13-10-21(11-14-37)24-8-7-23(15-20(24)3)34-30-29-22(9-12-33-31(29)40)16-25(36-30)26-17-32-18-27(35-26)41-4/h7-9,12,15-18,21H,5-6,10-11,13-14,19H2,1-4H3,(H,33,40)(H,34,36). The Labute approximate surface area is 239 Å². The Bertz CT molecular complexity index is 1590. The van der Waals surface area contributed by atoms with Crippen molar-refractivity contribution in [2.24, 2.45) is 0 Å². The van der Waals surface area contributed by atoms with Gasteiger partial charge in [-0.2, -0.15) is 0 Å². The first-order chi connectivity index (χ1) is 19.9. The normalized spacial score (nSPS) is 14.2. The third-order valence-corrected chi connectivity index (χ3v) is 7.87. The van der Waals surface area contributed by atoms with Crippen LogP contribution >= 0.6 is 0 Å². The third-order valence-electron chi connectivity index (χ3n) is 7.87. The Morgan fingerprint density at radius 3 is 2.59 bits per heavy atom. The number of H-pyrrole nitrogens is 1. The SMILES string of the molecule is CCN(CC)C(=O)CN1CCC(c2ccc(Nc3nc(-c4cncc(OC)n4)cc4cc[nH]c(=O)c34)cc2C)CC1. The summed E-state index contributed by atoms with van der Waals surface area (Å²) in [5.74, 6) is 1.49. The van der Waals surface area contributed by atoms with Crippen molar-refractivity contribution in [1.29, 1.82) is 0 Å². The maximum atomic E-state index is 12.8. The number of methoxy groups -OCH3 is 1. The summed E-state index contributed by atoms with van der Waals surface area (Å²) in [5, 5.41) is 4.60. The molecule has 0 radical (unpaired) electrons. The van der Waals surface area contributed by atoms with Crippen molar-refractivity contribution in [3.8, 4) is 17.3 Å². The Morgan fingerprint density at radius 2 is 1.88 bits per heavy atom. The number of anilines is 2. The maximum absolute atomic E-state index is 12.8. The molecule has 5 rings (SSSR count). The molecular weight excluding hydrogens is 518 g/mol. The first-order valence-electron chi connectivity index (χ1n) is 14.2. The minimum Gasteiger partial charge on any atom is -0.480 e. The van der Waals surface area contributed by atoms with Crippen molar-refractivity contribution in [1.82, 2.24) is 29.7 Å². The number of aromatic amines is 1. The predicted molar refractivity (Wildman–Crippen MR) is 161 cm³/mol. The fourth-order valence-corrected chi connectivity index (χ4v) is 5.62. The van der Waals surface area contributed by atoms with Crippen LogP contribution in [0.3, 0.4) is 0 Å². The molecule has 10 nitrogen and oxygen atoms in total. The van der Waals surface area contributed by atoms with Crippen LogP contribution in [0.15, 0.2) is 53.7 Å². The maximum Gasteiger partial charge on any atom is 0.259 e. The molecule has 1 aliphatic heterocycles. The molecule has 1 amide bonds. The number of nitrogens with zero attached hydrogens (tertiary/aromatic N) is 5. The van der Waals surface area contributed by atoms with E-state index in [9.17, 15) is 9.59 Å². The first-order valence-corrected chi connectivity index (χ1v) is 14.2. The van der Waals surface area contributed by atoms with E-state index in [-0.39, 0.29) is 11.5 Å². The minimum atomic E-state index is -0.222. The minimum absolute atomic E-state index is 0.211. The summed E-state index contributed by atoms with van der Waals surface area (Å²) in [6.45, 7) is 10.0. The number of hydrogen-bond acceptors (Lipinski definition) is 8. The van der Waals surface area contributed by atoms with Crippen LogP contribution < -0.4 is 15.6 Å². The zero-order valence-corrected chi connectivity index (χ0v) is 24.1. The molecule has 3 aromatic heterocycles. The summed E-state index contributed by atoms with van der Waals surface area (Å²) >= 11 is 0. The van der Waals surface area contributed by atoms with E-state index in [1.165, 1.54) is 24.4 Å². The van der Waals surface area contributed by atoms with Crippen molar-refractivity contribution in [3.05, 3.63) is 70.4 Å². The number of amides is 1. The van der Waals surface area contributed by atoms with Gasteiger partial charge in [-0.25, -0.2) is 9.97 Å². The van der Waals surface area contributed by atoms with Gasteiger partial charge in [0.1, 0.15) is 11.5 Å². The molecule has 1 fully saturated rings. The number of nitrogens with one attached hydrogen (secondary N) is 2. The Hall–Kier alpha value is -4.31. The van der Waals surface area contributed by atoms with Gasteiger partial charge in [0.25, 0.3) is 5.56 Å². The number of likely N-dealkylation sites (tertiary alicyclic amines) is 1. The second kappa shape index (κ2) is 12.5. The number of carbonyl (C=O) groups is 1. The molecule has 1 aliphatic rings. The molecule has 214 valence electrons. The number of aryl methyl sites for hydroxylation is 1. The monoisotopic (exact) mass is 555 g/mol. The second-order valence-corrected chi connectivity index (χ2v) is 10.4. The molecule has 0 aliphatic carbocycles. The predicted octanol–water partition coefficient (Wildman–Crippen LogP) is 4.49. The number of ether oxygens (including phenoxy) is 1. The van der Waals surface area contributed by atoms with Crippen LogP contribution in [-0.2, 0) is 4.79 Å². The van der Waals surface area contributed by atoms with E-state index in [1.54, 1.807) is 12.4 Å². The van der Waals surface area contributed by atoms with Crippen LogP contribution in [-0.4, -0.2) is 75.5 Å². The number of fused-ring (bicyclic) bond motifs is 1. The molecule has 0 unspecified atom stereocenters. The number of pyridine rings is 2. The molecule has 0 bridgehead atoms. The molecule has 4 aromatic rings. The number of benzene rings is 1. The molecule has 1 saturated heterocycles. The van der Waals surface area contributed by atoms with Crippen LogP contribution in [0.4, 0.5) is 11.5 Å². The van der Waals surface area contributed by atoms with Gasteiger partial charge in [0.2, 0.25) is 11.8 Å². The van der Waals surface area contributed by atoms with E-state index < -0.39 is 0 Å². The average molecular weight is 556 g/mol. The molecule has 0 saturated carbocycles. The highest BCUT2D eigenvalue weighted by atomic mass is 16.5. The lowest BCUT2D eigenvalue weighted by Gasteiger charge is -2.33. The number of piperidine rings is 1. The summed E-state index contributed by atoms with van der Waals surface area (Å²) in [7, 11) is 1.54. The van der Waals surface area contributed by atoms with Gasteiger partial charge < -0.3 is 19.9 Å². The first kappa shape index (κ1) is 28.2. The molecular formula is C31H37N7O3. The summed E-state index contributed by atoms with van der Waals surface area (Å²) in [6, 6.07) is 9.99. The zero-order valence-electron chi connectivity index (χ0n) is 24.1. The van der Waals surface area contributed by atoms with Crippen LogP contribution in [0, 0.1) is 6.92 Å². The van der Waals surface area contributed by atoms with Crippen molar-refractivity contribution in [2.45, 2.75) is 39.5 Å². The molecule has 0 atom stereocenters. The number of likely N-dealkylation sites (N-methyl/N-ethyl adjacent to an activating group) is 1. The van der Waals surface area contributed by atoms with E-state index in [2.05, 4.69) is 44.2 Å². The molecule has 2 N–H and O–H groups in total. The van der Waals surface area contributed by atoms with Gasteiger partial charge >= 0.3 is 0 Å². The van der Waals surface area contributed by atoms with Crippen molar-refractivity contribution < 1.29 is 9.53 Å². The lowest BCUT2D eigenvalue weighted by atomic mass is 9.86. The van der Waals surface area contributed by atoms with Gasteiger partial charge in [0.15, 0.2) is 0 Å². The fraction of sp³-hybridized carbons (Fsp3) is 0.387. The van der Waals surface area contributed by atoms with Crippen molar-refractivity contribution in [3.63, 3.8) is 0 Å². The highest BCUT2D eigenvalue weighted by molar-refractivity contribution is 5.95. The Balaban J connectivity index is 1.35. The summed E-state index contributed by atoms with van der Waals surface area (Å²) in [5.41, 5.74) is 4.25. The quantitative estimate of drug-likeness (QED) is 0.310. The van der Waals surface area contributed by atoms with Crippen LogP contribution in [0.2, 0.25) is 0 Å². The van der Waals surface area contributed by atoms with E-state index >= 15 is 0 Å². The Morgan fingerprint density at radius 1 is 1.10 bits per heavy atom. The largest absolute Gasteiger partial charge is 0.480 e. The van der Waals surface area contributed by atoms with Gasteiger partial charge in [-0.05, 0) is 93.4 Å². The highest BCUT2D eigenvalue weighted by Gasteiger charge is 2.24. The number of rotatable bonds is 9. The van der Waals surface area contributed by atoms with Crippen LogP contribution in [0.1, 0.15) is 43.7 Å². The van der Waals surface area contributed by atoms with Gasteiger partial charge in [0.05, 0.1) is 37.1 Å². The summed E-state index contributed by atoms with van der Waals surface area (Å²) in [4.78, 5) is 45.7. The van der Waals surface area contributed by atoms with Crippen LogP contribution in [0.5, 0.6) is 5.88 Å². The van der Waals surface area contributed by atoms with E-state index in [1.807, 2.05) is 36.9 Å². The topological polar surface area (TPSA) is 116 Å². The fourth-order valence-electron chi connectivity index (χ4n) is 5.62. The number of aromatic nitrogens is 4. The molecule has 1 aromatic carbocycles. The number of hydrogen-bond donors (Lipinski definition) is 2. The molecule has 0 spiro atoms. The van der Waals surface area contributed by atoms with E-state index in [0.717, 1.165) is 50.1 Å². The lowest BCUT2D eigenvalue weighted by molar-refractivity contribution is -0.132. The summed E-state index contributed by atoms with van der Waals surface area (Å²) < 4.78 is 5.23. The summed E-state index contributed by atoms with van der Waals surface area (Å²) in [6.07, 6.45) is 6.82. The van der Waals surface area contributed by atoms with Gasteiger partial charge in [0, 0.05) is 25.0 Å². The molecule has 10 heteroatoms. The van der Waals surface area contributed by atoms with Gasteiger partial charge in [-0.1, -0.05) is 6.07 Å². The molecule has 41 heavy (non-hydrogen) atoms. The Kier molecular flexibility index (Phi) is 8.58. The van der Waals surface area contributed by atoms with Crippen molar-refractivity contribution in [2.75, 3.05) is 45.2 Å². The van der Waals surface area contributed by atoms with E-state index in [4.69, 9.17) is 9.72 Å². The van der Waals surface area contributed by atoms with E-state index in [0.29, 0.717) is 40.9 Å². The highest BCUT2D eigenvalue weighted by Crippen LogP contribution is 2.33. The zero-order chi connectivity index (χ0) is 28.9. The third kappa shape index (κ3) is 6.22. The second-order valence-electron chi connectivity index (χ2n) is 10.4. The van der Waals surface area contributed by atoms with Crippen molar-refractivity contribution >= 4 is 28.2 Å². The smallest absolute Gasteiger partial charge is 0.259 e. The molecule has 4 heterocycles. The van der Waals surface area contributed by atoms with Crippen LogP contribution in [0.25, 0.3) is 22.2 Å². The van der Waals surface area contributed by atoms with Gasteiger partial charge in [-0.3, -0.25) is 19.5 Å².